The Labute approximate surface area is 80.3 Å². The minimum atomic E-state index is 0.267. The molecule has 1 heterocycles. The van der Waals surface area contributed by atoms with E-state index in [1.165, 1.54) is 0 Å². The van der Waals surface area contributed by atoms with Crippen molar-refractivity contribution in [2.24, 2.45) is 5.92 Å². The second-order valence-electron chi connectivity index (χ2n) is 3.52. The highest BCUT2D eigenvalue weighted by atomic mass is 16.1. The van der Waals surface area contributed by atoms with Gasteiger partial charge in [0.2, 0.25) is 0 Å². The van der Waals surface area contributed by atoms with E-state index < -0.39 is 0 Å². The molecule has 0 spiro atoms. The van der Waals surface area contributed by atoms with Gasteiger partial charge in [-0.2, -0.15) is 0 Å². The number of piperidine rings is 1. The van der Waals surface area contributed by atoms with E-state index in [0.717, 1.165) is 45.2 Å². The number of aldehydes is 1. The van der Waals surface area contributed by atoms with Gasteiger partial charge in [0.15, 0.2) is 0 Å². The molecule has 0 radical (unpaired) electrons. The minimum Gasteiger partial charge on any atom is -0.303 e. The number of carbonyl (C=O) groups excluding carboxylic acids is 1. The average Bonchev–Trinajstić information content (AvgIpc) is 2.19. The highest BCUT2D eigenvalue weighted by molar-refractivity contribution is 5.53. The Morgan fingerprint density at radius 1 is 1.62 bits per heavy atom. The fourth-order valence-corrected chi connectivity index (χ4v) is 1.74. The van der Waals surface area contributed by atoms with Gasteiger partial charge in [-0.3, -0.25) is 0 Å². The molecule has 0 amide bonds. The molecule has 72 valence electrons. The Morgan fingerprint density at radius 3 is 3.15 bits per heavy atom. The van der Waals surface area contributed by atoms with Crippen molar-refractivity contribution < 1.29 is 4.79 Å². The maximum absolute atomic E-state index is 10.6. The first-order valence-corrected chi connectivity index (χ1v) is 4.94. The van der Waals surface area contributed by atoms with E-state index in [0.29, 0.717) is 0 Å². The first-order valence-electron chi connectivity index (χ1n) is 4.94. The highest BCUT2D eigenvalue weighted by Crippen LogP contribution is 2.13. The summed E-state index contributed by atoms with van der Waals surface area (Å²) >= 11 is 0. The molecule has 13 heavy (non-hydrogen) atoms. The number of hydrogen-bond donors (Lipinski definition) is 0. The van der Waals surface area contributed by atoms with Gasteiger partial charge in [-0.25, -0.2) is 0 Å². The molecule has 1 aliphatic rings. The van der Waals surface area contributed by atoms with Crippen LogP contribution in [0.2, 0.25) is 0 Å². The lowest BCUT2D eigenvalue weighted by Crippen LogP contribution is -2.36. The van der Waals surface area contributed by atoms with E-state index in [4.69, 9.17) is 0 Å². The molecule has 0 aromatic rings. The molecule has 0 aromatic heterocycles. The van der Waals surface area contributed by atoms with Crippen molar-refractivity contribution in [2.45, 2.75) is 26.2 Å². The van der Waals surface area contributed by atoms with Crippen molar-refractivity contribution in [2.75, 3.05) is 19.6 Å². The smallest absolute Gasteiger partial charge is 0.124 e. The third-order valence-electron chi connectivity index (χ3n) is 2.46. The lowest BCUT2D eigenvalue weighted by molar-refractivity contribution is -0.112. The molecule has 1 unspecified atom stereocenters. The van der Waals surface area contributed by atoms with Gasteiger partial charge < -0.3 is 9.69 Å². The monoisotopic (exact) mass is 179 g/mol. The zero-order valence-electron chi connectivity index (χ0n) is 8.25. The van der Waals surface area contributed by atoms with Crippen LogP contribution in [0.5, 0.6) is 0 Å². The van der Waals surface area contributed by atoms with Gasteiger partial charge in [0, 0.05) is 25.4 Å². The fourth-order valence-electron chi connectivity index (χ4n) is 1.74. The predicted molar refractivity (Wildman–Crippen MR) is 53.3 cm³/mol. The molecule has 0 aliphatic carbocycles. The molecule has 1 aliphatic heterocycles. The zero-order chi connectivity index (χ0) is 9.52. The number of rotatable bonds is 3. The van der Waals surface area contributed by atoms with Crippen molar-refractivity contribution in [3.05, 3.63) is 0 Å². The molecule has 2 heteroatoms. The van der Waals surface area contributed by atoms with Gasteiger partial charge >= 0.3 is 0 Å². The third-order valence-corrected chi connectivity index (χ3v) is 2.46. The quantitative estimate of drug-likeness (QED) is 0.481. The molecule has 2 nitrogen and oxygen atoms in total. The van der Waals surface area contributed by atoms with Crippen molar-refractivity contribution in [1.82, 2.24) is 4.90 Å². The van der Waals surface area contributed by atoms with Gasteiger partial charge in [0.05, 0.1) is 0 Å². The van der Waals surface area contributed by atoms with E-state index in [1.54, 1.807) is 0 Å². The van der Waals surface area contributed by atoms with Crippen LogP contribution < -0.4 is 0 Å². The number of likely N-dealkylation sites (tertiary alicyclic amines) is 1. The van der Waals surface area contributed by atoms with E-state index in [9.17, 15) is 4.79 Å². The Hall–Kier alpha value is -0.810. The normalized spacial score (nSPS) is 23.3. The summed E-state index contributed by atoms with van der Waals surface area (Å²) in [5, 5.41) is 0. The molecule has 0 N–H and O–H groups in total. The van der Waals surface area contributed by atoms with E-state index in [1.807, 2.05) is 6.92 Å². The summed E-state index contributed by atoms with van der Waals surface area (Å²) in [6.45, 7) is 4.96. The minimum absolute atomic E-state index is 0.267. The first kappa shape index (κ1) is 10.3. The third kappa shape index (κ3) is 3.61. The van der Waals surface area contributed by atoms with Crippen LogP contribution in [0.15, 0.2) is 0 Å². The van der Waals surface area contributed by atoms with Gasteiger partial charge in [0.25, 0.3) is 0 Å². The van der Waals surface area contributed by atoms with Crippen LogP contribution in [0.4, 0.5) is 0 Å². The number of hydrogen-bond acceptors (Lipinski definition) is 2. The second-order valence-corrected chi connectivity index (χ2v) is 3.52. The summed E-state index contributed by atoms with van der Waals surface area (Å²) in [5.74, 6) is 6.20. The van der Waals surface area contributed by atoms with Gasteiger partial charge in [-0.1, -0.05) is 0 Å². The van der Waals surface area contributed by atoms with E-state index in [-0.39, 0.29) is 5.92 Å². The maximum Gasteiger partial charge on any atom is 0.124 e. The summed E-state index contributed by atoms with van der Waals surface area (Å²) in [4.78, 5) is 12.9. The summed E-state index contributed by atoms with van der Waals surface area (Å²) in [5.41, 5.74) is 0. The van der Waals surface area contributed by atoms with Gasteiger partial charge in [-0.05, 0) is 26.3 Å². The van der Waals surface area contributed by atoms with Crippen LogP contribution in [0, 0.1) is 17.8 Å². The molecule has 1 saturated heterocycles. The topological polar surface area (TPSA) is 20.3 Å². The maximum atomic E-state index is 10.6. The predicted octanol–water partition coefficient (Wildman–Crippen LogP) is 1.31. The molecule has 0 bridgehead atoms. The highest BCUT2D eigenvalue weighted by Gasteiger charge is 2.17. The van der Waals surface area contributed by atoms with Crippen molar-refractivity contribution >= 4 is 6.29 Å². The molecule has 0 saturated carbocycles. The van der Waals surface area contributed by atoms with Crippen LogP contribution in [-0.4, -0.2) is 30.8 Å². The number of nitrogens with zero attached hydrogens (tertiary/aromatic N) is 1. The Balaban J connectivity index is 2.24. The molecular formula is C11H17NO. The number of carbonyl (C=O) groups is 1. The van der Waals surface area contributed by atoms with Gasteiger partial charge in [-0.15, -0.1) is 11.8 Å². The second kappa shape index (κ2) is 5.77. The Bertz CT molecular complexity index is 214. The Morgan fingerprint density at radius 2 is 2.46 bits per heavy atom. The Kier molecular flexibility index (Phi) is 4.56. The first-order chi connectivity index (χ1) is 6.36. The SMILES string of the molecule is CC#CCCN1CCCC(C=O)C1. The standard InChI is InChI=1S/C11H17NO/c1-2-3-4-7-12-8-5-6-11(9-12)10-13/h10-11H,4-9H2,1H3. The van der Waals surface area contributed by atoms with E-state index in [2.05, 4.69) is 16.7 Å². The largest absolute Gasteiger partial charge is 0.303 e. The summed E-state index contributed by atoms with van der Waals surface area (Å²) < 4.78 is 0. The van der Waals surface area contributed by atoms with Crippen LogP contribution in [-0.2, 0) is 4.79 Å². The van der Waals surface area contributed by atoms with Crippen molar-refractivity contribution in [3.8, 4) is 11.8 Å². The van der Waals surface area contributed by atoms with E-state index >= 15 is 0 Å². The lowest BCUT2D eigenvalue weighted by Gasteiger charge is -2.29. The lowest BCUT2D eigenvalue weighted by atomic mass is 10.00. The zero-order valence-corrected chi connectivity index (χ0v) is 8.25. The van der Waals surface area contributed by atoms with Crippen LogP contribution in [0.25, 0.3) is 0 Å². The molecule has 0 aromatic carbocycles. The van der Waals surface area contributed by atoms with Crippen LogP contribution in [0.3, 0.4) is 0 Å². The van der Waals surface area contributed by atoms with Crippen LogP contribution in [0.1, 0.15) is 26.2 Å². The average molecular weight is 179 g/mol. The summed E-state index contributed by atoms with van der Waals surface area (Å²) in [6.07, 6.45) is 4.25. The summed E-state index contributed by atoms with van der Waals surface area (Å²) in [6, 6.07) is 0. The van der Waals surface area contributed by atoms with Crippen molar-refractivity contribution in [1.29, 1.82) is 0 Å². The molecule has 1 fully saturated rings. The van der Waals surface area contributed by atoms with Crippen molar-refractivity contribution in [3.63, 3.8) is 0 Å². The fraction of sp³-hybridized carbons (Fsp3) is 0.727. The van der Waals surface area contributed by atoms with Gasteiger partial charge in [0.1, 0.15) is 6.29 Å². The van der Waals surface area contributed by atoms with Crippen LogP contribution >= 0.6 is 0 Å². The molecule has 1 rings (SSSR count). The molecule has 1 atom stereocenters. The summed E-state index contributed by atoms with van der Waals surface area (Å²) in [7, 11) is 0. The molecular weight excluding hydrogens is 162 g/mol.